The zero-order chi connectivity index (χ0) is 12.8. The maximum absolute atomic E-state index is 8.69. The van der Waals surface area contributed by atoms with E-state index < -0.39 is 0 Å². The summed E-state index contributed by atoms with van der Waals surface area (Å²) in [6.07, 6.45) is 1.63. The third-order valence-electron chi connectivity index (χ3n) is 2.37. The zero-order valence-electron chi connectivity index (χ0n) is 9.92. The van der Waals surface area contributed by atoms with E-state index in [0.29, 0.717) is 23.9 Å². The van der Waals surface area contributed by atoms with Crippen molar-refractivity contribution < 1.29 is 4.74 Å². The number of hydrogen-bond donors (Lipinski definition) is 1. The molecule has 1 aromatic carbocycles. The number of nitrogens with zero attached hydrogens (tertiary/aromatic N) is 3. The highest BCUT2D eigenvalue weighted by molar-refractivity contribution is 5.34. The van der Waals surface area contributed by atoms with E-state index >= 15 is 0 Å². The molecule has 1 aromatic heterocycles. The Balaban J connectivity index is 2.00. The zero-order valence-corrected chi connectivity index (χ0v) is 9.92. The standard InChI is InChI=1S/C13H12N4O/c1-18-12-6-7-15-13(17-12)16-9-11-4-2-10(8-14)3-5-11/h2-7H,9H2,1H3,(H,15,16,17). The van der Waals surface area contributed by atoms with Crippen LogP contribution in [0.1, 0.15) is 11.1 Å². The lowest BCUT2D eigenvalue weighted by Crippen LogP contribution is -2.04. The first-order valence-corrected chi connectivity index (χ1v) is 5.42. The molecule has 18 heavy (non-hydrogen) atoms. The van der Waals surface area contributed by atoms with Gasteiger partial charge >= 0.3 is 0 Å². The van der Waals surface area contributed by atoms with Crippen molar-refractivity contribution in [3.05, 3.63) is 47.7 Å². The fourth-order valence-corrected chi connectivity index (χ4v) is 1.42. The van der Waals surface area contributed by atoms with Gasteiger partial charge < -0.3 is 10.1 Å². The summed E-state index contributed by atoms with van der Waals surface area (Å²) < 4.78 is 5.01. The molecule has 0 spiro atoms. The van der Waals surface area contributed by atoms with Crippen LogP contribution in [0.4, 0.5) is 5.95 Å². The van der Waals surface area contributed by atoms with Gasteiger partial charge in [-0.3, -0.25) is 0 Å². The van der Waals surface area contributed by atoms with Crippen LogP contribution in [0.2, 0.25) is 0 Å². The molecule has 2 rings (SSSR count). The van der Waals surface area contributed by atoms with Gasteiger partial charge in [0.15, 0.2) is 0 Å². The molecule has 0 aliphatic carbocycles. The molecule has 0 fully saturated rings. The Hall–Kier alpha value is -2.61. The van der Waals surface area contributed by atoms with Crippen LogP contribution >= 0.6 is 0 Å². The van der Waals surface area contributed by atoms with Gasteiger partial charge in [-0.25, -0.2) is 4.98 Å². The maximum atomic E-state index is 8.69. The fraction of sp³-hybridized carbons (Fsp3) is 0.154. The lowest BCUT2D eigenvalue weighted by molar-refractivity contribution is 0.397. The Bertz CT molecular complexity index is 560. The van der Waals surface area contributed by atoms with Gasteiger partial charge in [0.1, 0.15) is 0 Å². The summed E-state index contributed by atoms with van der Waals surface area (Å²) in [6.45, 7) is 0.596. The molecule has 1 N–H and O–H groups in total. The lowest BCUT2D eigenvalue weighted by atomic mass is 10.1. The molecule has 5 nitrogen and oxygen atoms in total. The number of anilines is 1. The van der Waals surface area contributed by atoms with Crippen LogP contribution in [0.25, 0.3) is 0 Å². The molecule has 0 saturated heterocycles. The van der Waals surface area contributed by atoms with Crippen LogP contribution in [-0.2, 0) is 6.54 Å². The molecule has 0 radical (unpaired) electrons. The second-order valence-corrected chi connectivity index (χ2v) is 3.58. The minimum atomic E-state index is 0.513. The smallest absolute Gasteiger partial charge is 0.226 e. The number of ether oxygens (including phenoxy) is 1. The maximum Gasteiger partial charge on any atom is 0.226 e. The van der Waals surface area contributed by atoms with Gasteiger partial charge in [0.2, 0.25) is 11.8 Å². The molecule has 0 unspecified atom stereocenters. The molecule has 0 atom stereocenters. The Labute approximate surface area is 105 Å². The van der Waals surface area contributed by atoms with E-state index in [1.165, 1.54) is 0 Å². The van der Waals surface area contributed by atoms with Gasteiger partial charge in [0.25, 0.3) is 0 Å². The second-order valence-electron chi connectivity index (χ2n) is 3.58. The molecular weight excluding hydrogens is 228 g/mol. The number of hydrogen-bond acceptors (Lipinski definition) is 5. The van der Waals surface area contributed by atoms with E-state index in [4.69, 9.17) is 10.00 Å². The monoisotopic (exact) mass is 240 g/mol. The van der Waals surface area contributed by atoms with Gasteiger partial charge in [-0.15, -0.1) is 0 Å². The molecule has 0 aliphatic rings. The van der Waals surface area contributed by atoms with Gasteiger partial charge in [0.05, 0.1) is 18.7 Å². The van der Waals surface area contributed by atoms with Crippen LogP contribution in [0.3, 0.4) is 0 Å². The third-order valence-corrected chi connectivity index (χ3v) is 2.37. The Kier molecular flexibility index (Phi) is 3.72. The molecule has 0 saturated carbocycles. The van der Waals surface area contributed by atoms with E-state index in [9.17, 15) is 0 Å². The van der Waals surface area contributed by atoms with E-state index in [2.05, 4.69) is 21.4 Å². The summed E-state index contributed by atoms with van der Waals surface area (Å²) in [5.41, 5.74) is 1.71. The van der Waals surface area contributed by atoms with Crippen molar-refractivity contribution in [2.75, 3.05) is 12.4 Å². The lowest BCUT2D eigenvalue weighted by Gasteiger charge is -2.05. The highest BCUT2D eigenvalue weighted by Crippen LogP contribution is 2.09. The number of aromatic nitrogens is 2. The minimum Gasteiger partial charge on any atom is -0.481 e. The van der Waals surface area contributed by atoms with E-state index in [0.717, 1.165) is 5.56 Å². The third kappa shape index (κ3) is 2.95. The van der Waals surface area contributed by atoms with Crippen molar-refractivity contribution in [1.29, 1.82) is 5.26 Å². The Morgan fingerprint density at radius 2 is 2.06 bits per heavy atom. The summed E-state index contributed by atoms with van der Waals surface area (Å²) >= 11 is 0. The molecule has 5 heteroatoms. The molecule has 0 amide bonds. The summed E-state index contributed by atoms with van der Waals surface area (Å²) in [5, 5.41) is 11.8. The minimum absolute atomic E-state index is 0.513. The number of benzene rings is 1. The van der Waals surface area contributed by atoms with Crippen LogP contribution < -0.4 is 10.1 Å². The van der Waals surface area contributed by atoms with Crippen molar-refractivity contribution in [2.24, 2.45) is 0 Å². The van der Waals surface area contributed by atoms with E-state index in [1.807, 2.05) is 12.1 Å². The van der Waals surface area contributed by atoms with Gasteiger partial charge in [-0.05, 0) is 17.7 Å². The van der Waals surface area contributed by atoms with Crippen molar-refractivity contribution in [2.45, 2.75) is 6.54 Å². The largest absolute Gasteiger partial charge is 0.481 e. The second kappa shape index (κ2) is 5.64. The molecule has 2 aromatic rings. The quantitative estimate of drug-likeness (QED) is 0.884. The van der Waals surface area contributed by atoms with Crippen LogP contribution in [-0.4, -0.2) is 17.1 Å². The first-order chi connectivity index (χ1) is 8.81. The first-order valence-electron chi connectivity index (χ1n) is 5.42. The van der Waals surface area contributed by atoms with Crippen molar-refractivity contribution >= 4 is 5.95 Å². The molecule has 1 heterocycles. The van der Waals surface area contributed by atoms with Crippen molar-refractivity contribution in [1.82, 2.24) is 9.97 Å². The predicted molar refractivity (Wildman–Crippen MR) is 67.1 cm³/mol. The molecule has 90 valence electrons. The fourth-order valence-electron chi connectivity index (χ4n) is 1.42. The predicted octanol–water partition coefficient (Wildman–Crippen LogP) is 1.97. The summed E-state index contributed by atoms with van der Waals surface area (Å²) in [4.78, 5) is 8.22. The average molecular weight is 240 g/mol. The average Bonchev–Trinajstić information content (AvgIpc) is 2.46. The number of rotatable bonds is 4. The summed E-state index contributed by atoms with van der Waals surface area (Å²) in [7, 11) is 1.56. The molecular formula is C13H12N4O. The van der Waals surface area contributed by atoms with Crippen LogP contribution in [0.5, 0.6) is 5.88 Å². The van der Waals surface area contributed by atoms with E-state index in [1.54, 1.807) is 31.5 Å². The normalized spacial score (nSPS) is 9.56. The van der Waals surface area contributed by atoms with Gasteiger partial charge in [-0.1, -0.05) is 12.1 Å². The van der Waals surface area contributed by atoms with Crippen LogP contribution in [0, 0.1) is 11.3 Å². The van der Waals surface area contributed by atoms with E-state index in [-0.39, 0.29) is 0 Å². The van der Waals surface area contributed by atoms with Gasteiger partial charge in [-0.2, -0.15) is 10.2 Å². The number of nitrogens with one attached hydrogen (secondary N) is 1. The number of methoxy groups -OCH3 is 1. The highest BCUT2D eigenvalue weighted by Gasteiger charge is 1.99. The SMILES string of the molecule is COc1ccnc(NCc2ccc(C#N)cc2)n1. The first kappa shape index (κ1) is 11.9. The highest BCUT2D eigenvalue weighted by atomic mass is 16.5. The molecule has 0 aliphatic heterocycles. The topological polar surface area (TPSA) is 70.8 Å². The van der Waals surface area contributed by atoms with Crippen LogP contribution in [0.15, 0.2) is 36.5 Å². The van der Waals surface area contributed by atoms with Crippen molar-refractivity contribution in [3.63, 3.8) is 0 Å². The van der Waals surface area contributed by atoms with Crippen molar-refractivity contribution in [3.8, 4) is 11.9 Å². The Morgan fingerprint density at radius 1 is 1.28 bits per heavy atom. The number of nitriles is 1. The van der Waals surface area contributed by atoms with Gasteiger partial charge in [0, 0.05) is 18.8 Å². The summed E-state index contributed by atoms with van der Waals surface area (Å²) in [6, 6.07) is 11.1. The Morgan fingerprint density at radius 3 is 2.72 bits per heavy atom. The molecule has 0 bridgehead atoms. The summed E-state index contributed by atoms with van der Waals surface area (Å²) in [5.74, 6) is 1.03.